The van der Waals surface area contributed by atoms with Crippen LogP contribution in [-0.4, -0.2) is 35.5 Å². The first-order valence-electron chi connectivity index (χ1n) is 10.2. The number of halogens is 3. The summed E-state index contributed by atoms with van der Waals surface area (Å²) in [5.74, 6) is 0.274. The maximum atomic E-state index is 13.8. The number of nitrogens with zero attached hydrogens (tertiary/aromatic N) is 2. The van der Waals surface area contributed by atoms with Crippen molar-refractivity contribution in [2.75, 3.05) is 19.0 Å². The smallest absolute Gasteiger partial charge is 0.410 e. The van der Waals surface area contributed by atoms with Crippen molar-refractivity contribution in [2.24, 2.45) is 0 Å². The predicted octanol–water partition coefficient (Wildman–Crippen LogP) is 4.52. The Labute approximate surface area is 183 Å². The van der Waals surface area contributed by atoms with Crippen LogP contribution in [-0.2, 0) is 6.42 Å². The zero-order valence-electron chi connectivity index (χ0n) is 17.4. The third kappa shape index (κ3) is 4.71. The maximum Gasteiger partial charge on any atom is 0.410 e. The van der Waals surface area contributed by atoms with Crippen molar-refractivity contribution < 1.29 is 22.7 Å². The molecule has 2 aromatic carbocycles. The van der Waals surface area contributed by atoms with Gasteiger partial charge in [-0.2, -0.15) is 18.3 Å². The van der Waals surface area contributed by atoms with Gasteiger partial charge in [-0.25, -0.2) is 4.68 Å². The molecule has 2 atom stereocenters. The average Bonchev–Trinajstić information content (AvgIpc) is 3.23. The standard InChI is InChI=1S/C23H23F3N4O2/c1-32-17-9-7-16(8-10-17)18-13-20(23(24,25)26)30-21(28-18)14-19(29-30)22(31)27-12-11-15-5-3-2-4-6-15/h2-10,14,18,20,28H,11-13H2,1H3,(H,27,31)/t18-,20+/m0/s1. The lowest BCUT2D eigenvalue weighted by Gasteiger charge is -2.33. The van der Waals surface area contributed by atoms with Crippen molar-refractivity contribution in [1.82, 2.24) is 15.1 Å². The molecule has 2 heterocycles. The van der Waals surface area contributed by atoms with Crippen molar-refractivity contribution in [3.05, 3.63) is 77.5 Å². The number of carbonyl (C=O) groups excluding carboxylic acids is 1. The molecule has 32 heavy (non-hydrogen) atoms. The van der Waals surface area contributed by atoms with E-state index in [0.29, 0.717) is 24.3 Å². The number of rotatable bonds is 6. The largest absolute Gasteiger partial charge is 0.497 e. The highest BCUT2D eigenvalue weighted by Crippen LogP contribution is 2.43. The van der Waals surface area contributed by atoms with Gasteiger partial charge in [0.25, 0.3) is 5.91 Å². The summed E-state index contributed by atoms with van der Waals surface area (Å²) in [4.78, 5) is 12.5. The number of aromatic nitrogens is 2. The monoisotopic (exact) mass is 444 g/mol. The first kappa shape index (κ1) is 21.7. The molecule has 0 saturated heterocycles. The molecule has 0 fully saturated rings. The number of alkyl halides is 3. The van der Waals surface area contributed by atoms with E-state index < -0.39 is 24.2 Å². The van der Waals surface area contributed by atoms with E-state index in [9.17, 15) is 18.0 Å². The van der Waals surface area contributed by atoms with Gasteiger partial charge in [0.2, 0.25) is 0 Å². The minimum Gasteiger partial charge on any atom is -0.497 e. The van der Waals surface area contributed by atoms with Crippen LogP contribution in [0.3, 0.4) is 0 Å². The van der Waals surface area contributed by atoms with Crippen molar-refractivity contribution in [2.45, 2.75) is 31.1 Å². The number of nitrogens with one attached hydrogen (secondary N) is 2. The molecule has 0 saturated carbocycles. The quantitative estimate of drug-likeness (QED) is 0.587. The number of anilines is 1. The average molecular weight is 444 g/mol. The minimum absolute atomic E-state index is 0.0507. The third-order valence-electron chi connectivity index (χ3n) is 5.48. The fourth-order valence-corrected chi connectivity index (χ4v) is 3.79. The molecule has 0 radical (unpaired) electrons. The summed E-state index contributed by atoms with van der Waals surface area (Å²) in [5.41, 5.74) is 1.70. The van der Waals surface area contributed by atoms with E-state index in [1.807, 2.05) is 30.3 Å². The zero-order valence-corrected chi connectivity index (χ0v) is 17.4. The molecular formula is C23H23F3N4O2. The van der Waals surface area contributed by atoms with Gasteiger partial charge < -0.3 is 15.4 Å². The number of fused-ring (bicyclic) bond motifs is 1. The number of ether oxygens (including phenoxy) is 1. The van der Waals surface area contributed by atoms with Crippen LogP contribution in [0.25, 0.3) is 0 Å². The molecule has 1 aliphatic heterocycles. The summed E-state index contributed by atoms with van der Waals surface area (Å²) in [6.07, 6.45) is -4.13. The number of methoxy groups -OCH3 is 1. The van der Waals surface area contributed by atoms with E-state index >= 15 is 0 Å². The second-order valence-corrected chi connectivity index (χ2v) is 7.61. The van der Waals surface area contributed by atoms with Crippen molar-refractivity contribution >= 4 is 11.7 Å². The summed E-state index contributed by atoms with van der Waals surface area (Å²) in [6, 6.07) is 15.4. The first-order chi connectivity index (χ1) is 15.3. The number of hydrogen-bond acceptors (Lipinski definition) is 4. The molecule has 0 spiro atoms. The SMILES string of the molecule is COc1ccc([C@@H]2C[C@H](C(F)(F)F)n3nc(C(=O)NCCc4ccccc4)cc3N2)cc1. The van der Waals surface area contributed by atoms with Crippen LogP contribution in [0.4, 0.5) is 19.0 Å². The predicted molar refractivity (Wildman–Crippen MR) is 114 cm³/mol. The number of benzene rings is 2. The van der Waals surface area contributed by atoms with Gasteiger partial charge in [0.15, 0.2) is 11.7 Å². The van der Waals surface area contributed by atoms with E-state index in [1.165, 1.54) is 13.2 Å². The highest BCUT2D eigenvalue weighted by atomic mass is 19.4. The van der Waals surface area contributed by atoms with Gasteiger partial charge in [0.05, 0.1) is 13.2 Å². The van der Waals surface area contributed by atoms with Crippen molar-refractivity contribution in [3.63, 3.8) is 0 Å². The molecule has 0 unspecified atom stereocenters. The summed E-state index contributed by atoms with van der Waals surface area (Å²) in [6.45, 7) is 0.357. The number of hydrogen-bond donors (Lipinski definition) is 2. The second-order valence-electron chi connectivity index (χ2n) is 7.61. The molecule has 0 bridgehead atoms. The zero-order chi connectivity index (χ0) is 22.7. The van der Waals surface area contributed by atoms with Crippen molar-refractivity contribution in [3.8, 4) is 5.75 Å². The van der Waals surface area contributed by atoms with Gasteiger partial charge in [-0.3, -0.25) is 4.79 Å². The van der Waals surface area contributed by atoms with Gasteiger partial charge in [0.1, 0.15) is 11.6 Å². The van der Waals surface area contributed by atoms with Crippen molar-refractivity contribution in [1.29, 1.82) is 0 Å². The number of amides is 1. The Bertz CT molecular complexity index is 1070. The van der Waals surface area contributed by atoms with E-state index in [-0.39, 0.29) is 17.9 Å². The fourth-order valence-electron chi connectivity index (χ4n) is 3.79. The second kappa shape index (κ2) is 8.94. The van der Waals surface area contributed by atoms with Gasteiger partial charge in [-0.1, -0.05) is 42.5 Å². The summed E-state index contributed by atoms with van der Waals surface area (Å²) in [5, 5.41) is 9.80. The van der Waals surface area contributed by atoms with Crippen LogP contribution >= 0.6 is 0 Å². The van der Waals surface area contributed by atoms with Crippen LogP contribution in [0.5, 0.6) is 5.75 Å². The third-order valence-corrected chi connectivity index (χ3v) is 5.48. The Morgan fingerprint density at radius 3 is 2.56 bits per heavy atom. The van der Waals surface area contributed by atoms with E-state index in [4.69, 9.17) is 4.74 Å². The van der Waals surface area contributed by atoms with Crippen LogP contribution in [0.1, 0.15) is 40.1 Å². The van der Waals surface area contributed by atoms with Crippen LogP contribution < -0.4 is 15.4 Å². The van der Waals surface area contributed by atoms with E-state index in [1.54, 1.807) is 24.3 Å². The molecule has 9 heteroatoms. The molecule has 6 nitrogen and oxygen atoms in total. The molecule has 1 amide bonds. The van der Waals surface area contributed by atoms with Crippen LogP contribution in [0.15, 0.2) is 60.7 Å². The Morgan fingerprint density at radius 1 is 1.19 bits per heavy atom. The molecule has 4 rings (SSSR count). The molecule has 3 aromatic rings. The number of carbonyl (C=O) groups is 1. The Morgan fingerprint density at radius 2 is 1.91 bits per heavy atom. The Hall–Kier alpha value is -3.49. The summed E-state index contributed by atoms with van der Waals surface area (Å²) in [7, 11) is 1.53. The van der Waals surface area contributed by atoms with E-state index in [2.05, 4.69) is 15.7 Å². The molecule has 0 aliphatic carbocycles. The molecule has 2 N–H and O–H groups in total. The molecular weight excluding hydrogens is 421 g/mol. The van der Waals surface area contributed by atoms with Gasteiger partial charge in [0, 0.05) is 19.0 Å². The molecule has 168 valence electrons. The van der Waals surface area contributed by atoms with Gasteiger partial charge in [-0.05, 0) is 29.7 Å². The minimum atomic E-state index is -4.51. The molecule has 1 aliphatic rings. The normalized spacial score (nSPS) is 17.9. The summed E-state index contributed by atoms with van der Waals surface area (Å²) >= 11 is 0. The lowest BCUT2D eigenvalue weighted by molar-refractivity contribution is -0.173. The van der Waals surface area contributed by atoms with E-state index in [0.717, 1.165) is 10.2 Å². The maximum absolute atomic E-state index is 13.8. The Balaban J connectivity index is 1.51. The highest BCUT2D eigenvalue weighted by Gasteiger charge is 2.46. The van der Waals surface area contributed by atoms with Crippen LogP contribution in [0, 0.1) is 0 Å². The highest BCUT2D eigenvalue weighted by molar-refractivity contribution is 5.93. The molecule has 1 aromatic heterocycles. The topological polar surface area (TPSA) is 68.2 Å². The van der Waals surface area contributed by atoms with Crippen LogP contribution in [0.2, 0.25) is 0 Å². The lowest BCUT2D eigenvalue weighted by atomic mass is 9.97. The van der Waals surface area contributed by atoms with Gasteiger partial charge >= 0.3 is 6.18 Å². The fraction of sp³-hybridized carbons (Fsp3) is 0.304. The Kier molecular flexibility index (Phi) is 6.07. The first-order valence-corrected chi connectivity index (χ1v) is 10.2. The van der Waals surface area contributed by atoms with Gasteiger partial charge in [-0.15, -0.1) is 0 Å². The lowest BCUT2D eigenvalue weighted by Crippen LogP contribution is -2.35. The summed E-state index contributed by atoms with van der Waals surface area (Å²) < 4.78 is 47.4.